The fraction of sp³-hybridized carbons (Fsp3) is 0.524. The van der Waals surface area contributed by atoms with E-state index in [1.54, 1.807) is 11.3 Å². The monoisotopic (exact) mass is 385 g/mol. The number of guanidine groups is 1. The van der Waals surface area contributed by atoms with Crippen molar-refractivity contribution in [1.82, 2.24) is 20.5 Å². The molecule has 1 unspecified atom stereocenters. The van der Waals surface area contributed by atoms with Crippen LogP contribution < -0.4 is 10.6 Å². The molecule has 0 spiro atoms. The maximum absolute atomic E-state index is 4.60. The largest absolute Gasteiger partial charge is 0.356 e. The second kappa shape index (κ2) is 9.85. The van der Waals surface area contributed by atoms with Crippen LogP contribution >= 0.6 is 11.3 Å². The maximum atomic E-state index is 4.60. The minimum atomic E-state index is 0.563. The molecule has 2 aromatic rings. The maximum Gasteiger partial charge on any atom is 0.191 e. The van der Waals surface area contributed by atoms with Gasteiger partial charge in [-0.15, -0.1) is 11.3 Å². The van der Waals surface area contributed by atoms with Crippen LogP contribution in [-0.4, -0.2) is 48.6 Å². The van der Waals surface area contributed by atoms with E-state index in [-0.39, 0.29) is 0 Å². The number of hydrogen-bond donors (Lipinski definition) is 2. The number of aryl methyl sites for hydroxylation is 2. The van der Waals surface area contributed by atoms with Gasteiger partial charge in [0.05, 0.1) is 10.7 Å². The van der Waals surface area contributed by atoms with Gasteiger partial charge >= 0.3 is 0 Å². The molecule has 0 saturated carbocycles. The molecule has 2 heterocycles. The molecule has 0 aliphatic carbocycles. The number of rotatable bonds is 7. The van der Waals surface area contributed by atoms with Gasteiger partial charge in [-0.2, -0.15) is 0 Å². The van der Waals surface area contributed by atoms with Gasteiger partial charge in [-0.05, 0) is 38.8 Å². The fourth-order valence-corrected chi connectivity index (χ4v) is 4.45. The first-order valence-electron chi connectivity index (χ1n) is 9.81. The standard InChI is InChI=1S/C21H31N5S/c1-16-17(2)27-20(25-16)11-12-23-21(22-3)24-14-19-10-7-13-26(19)15-18-8-5-4-6-9-18/h4-6,8-9,19H,7,10-15H2,1-3H3,(H2,22,23,24). The number of aromatic nitrogens is 1. The summed E-state index contributed by atoms with van der Waals surface area (Å²) in [6.45, 7) is 8.20. The lowest BCUT2D eigenvalue weighted by Gasteiger charge is -2.25. The first kappa shape index (κ1) is 19.8. The average Bonchev–Trinajstić information content (AvgIpc) is 3.25. The third-order valence-electron chi connectivity index (χ3n) is 5.16. The van der Waals surface area contributed by atoms with Crippen LogP contribution in [-0.2, 0) is 13.0 Å². The summed E-state index contributed by atoms with van der Waals surface area (Å²) in [5.41, 5.74) is 2.54. The zero-order chi connectivity index (χ0) is 19.1. The smallest absolute Gasteiger partial charge is 0.191 e. The number of likely N-dealkylation sites (tertiary alicyclic amines) is 1. The Hall–Kier alpha value is -1.92. The molecule has 1 atom stereocenters. The van der Waals surface area contributed by atoms with Crippen molar-refractivity contribution in [3.63, 3.8) is 0 Å². The summed E-state index contributed by atoms with van der Waals surface area (Å²) in [6, 6.07) is 11.3. The van der Waals surface area contributed by atoms with Crippen molar-refractivity contribution in [1.29, 1.82) is 0 Å². The number of thiazole rings is 1. The van der Waals surface area contributed by atoms with Crippen LogP contribution in [0.15, 0.2) is 35.3 Å². The van der Waals surface area contributed by atoms with E-state index in [0.29, 0.717) is 6.04 Å². The molecule has 1 aliphatic heterocycles. The van der Waals surface area contributed by atoms with Gasteiger partial charge in [-0.3, -0.25) is 9.89 Å². The van der Waals surface area contributed by atoms with Crippen molar-refractivity contribution >= 4 is 17.3 Å². The van der Waals surface area contributed by atoms with Crippen molar-refractivity contribution in [2.75, 3.05) is 26.7 Å². The van der Waals surface area contributed by atoms with Crippen LogP contribution in [0.5, 0.6) is 0 Å². The van der Waals surface area contributed by atoms with Crippen LogP contribution in [0.4, 0.5) is 0 Å². The van der Waals surface area contributed by atoms with Gasteiger partial charge in [0, 0.05) is 44.0 Å². The van der Waals surface area contributed by atoms with Gasteiger partial charge in [0.15, 0.2) is 5.96 Å². The molecule has 1 fully saturated rings. The van der Waals surface area contributed by atoms with Gasteiger partial charge in [0.2, 0.25) is 0 Å². The molecule has 1 aromatic carbocycles. The number of hydrogen-bond acceptors (Lipinski definition) is 4. The first-order chi connectivity index (χ1) is 13.2. The molecule has 3 rings (SSSR count). The van der Waals surface area contributed by atoms with E-state index in [1.165, 1.54) is 34.8 Å². The minimum Gasteiger partial charge on any atom is -0.356 e. The minimum absolute atomic E-state index is 0.563. The summed E-state index contributed by atoms with van der Waals surface area (Å²) in [4.78, 5) is 12.9. The summed E-state index contributed by atoms with van der Waals surface area (Å²) in [5.74, 6) is 0.881. The predicted molar refractivity (Wildman–Crippen MR) is 115 cm³/mol. The van der Waals surface area contributed by atoms with Crippen molar-refractivity contribution < 1.29 is 0 Å². The molecule has 5 nitrogen and oxygen atoms in total. The highest BCUT2D eigenvalue weighted by Gasteiger charge is 2.24. The van der Waals surface area contributed by atoms with Gasteiger partial charge in [-0.25, -0.2) is 4.98 Å². The van der Waals surface area contributed by atoms with Gasteiger partial charge in [0.25, 0.3) is 0 Å². The van der Waals surface area contributed by atoms with E-state index in [9.17, 15) is 0 Å². The van der Waals surface area contributed by atoms with Crippen LogP contribution in [0, 0.1) is 13.8 Å². The highest BCUT2D eigenvalue weighted by Crippen LogP contribution is 2.19. The van der Waals surface area contributed by atoms with E-state index < -0.39 is 0 Å². The SMILES string of the molecule is CN=C(NCCc1nc(C)c(C)s1)NCC1CCCN1Cc1ccccc1. The average molecular weight is 386 g/mol. The van der Waals surface area contributed by atoms with Crippen molar-refractivity contribution in [3.8, 4) is 0 Å². The van der Waals surface area contributed by atoms with Gasteiger partial charge in [-0.1, -0.05) is 30.3 Å². The lowest BCUT2D eigenvalue weighted by Crippen LogP contribution is -2.45. The molecule has 0 bridgehead atoms. The Labute approximate surface area is 166 Å². The van der Waals surface area contributed by atoms with E-state index in [2.05, 4.69) is 69.7 Å². The van der Waals surface area contributed by atoms with Crippen LogP contribution in [0.2, 0.25) is 0 Å². The molecule has 1 saturated heterocycles. The number of aliphatic imine (C=N–C) groups is 1. The Balaban J connectivity index is 1.42. The van der Waals surface area contributed by atoms with Crippen LogP contribution in [0.3, 0.4) is 0 Å². The molecular weight excluding hydrogens is 354 g/mol. The normalized spacial score (nSPS) is 18.0. The molecule has 0 radical (unpaired) electrons. The lowest BCUT2D eigenvalue weighted by atomic mass is 10.2. The second-order valence-corrected chi connectivity index (χ2v) is 8.42. The van der Waals surface area contributed by atoms with E-state index in [4.69, 9.17) is 0 Å². The molecular formula is C21H31N5S. The molecule has 146 valence electrons. The Bertz CT molecular complexity index is 721. The van der Waals surface area contributed by atoms with E-state index >= 15 is 0 Å². The number of benzene rings is 1. The molecule has 2 N–H and O–H groups in total. The van der Waals surface area contributed by atoms with E-state index in [1.807, 2.05) is 7.05 Å². The first-order valence-corrected chi connectivity index (χ1v) is 10.6. The Morgan fingerprint density at radius 1 is 1.26 bits per heavy atom. The van der Waals surface area contributed by atoms with Crippen LogP contribution in [0.1, 0.15) is 34.0 Å². The molecule has 0 amide bonds. The zero-order valence-corrected chi connectivity index (χ0v) is 17.5. The highest BCUT2D eigenvalue weighted by atomic mass is 32.1. The van der Waals surface area contributed by atoms with Crippen LogP contribution in [0.25, 0.3) is 0 Å². The molecule has 1 aromatic heterocycles. The fourth-order valence-electron chi connectivity index (χ4n) is 3.52. The molecule has 1 aliphatic rings. The Kier molecular flexibility index (Phi) is 7.24. The summed E-state index contributed by atoms with van der Waals surface area (Å²) >= 11 is 1.79. The summed E-state index contributed by atoms with van der Waals surface area (Å²) in [5, 5.41) is 8.12. The highest BCUT2D eigenvalue weighted by molar-refractivity contribution is 7.11. The summed E-state index contributed by atoms with van der Waals surface area (Å²) < 4.78 is 0. The summed E-state index contributed by atoms with van der Waals surface area (Å²) in [7, 11) is 1.84. The van der Waals surface area contributed by atoms with Crippen molar-refractivity contribution in [2.45, 2.75) is 45.7 Å². The zero-order valence-electron chi connectivity index (χ0n) is 16.7. The number of nitrogens with one attached hydrogen (secondary N) is 2. The third-order valence-corrected chi connectivity index (χ3v) is 6.29. The van der Waals surface area contributed by atoms with Gasteiger partial charge in [0.1, 0.15) is 0 Å². The predicted octanol–water partition coefficient (Wildman–Crippen LogP) is 3.13. The molecule has 27 heavy (non-hydrogen) atoms. The Morgan fingerprint density at radius 3 is 2.78 bits per heavy atom. The number of nitrogens with zero attached hydrogens (tertiary/aromatic N) is 3. The summed E-state index contributed by atoms with van der Waals surface area (Å²) in [6.07, 6.45) is 3.45. The second-order valence-electron chi connectivity index (χ2n) is 7.13. The Morgan fingerprint density at radius 2 is 2.07 bits per heavy atom. The quantitative estimate of drug-likeness (QED) is 0.568. The lowest BCUT2D eigenvalue weighted by molar-refractivity contribution is 0.245. The van der Waals surface area contributed by atoms with Gasteiger partial charge < -0.3 is 10.6 Å². The third kappa shape index (κ3) is 5.78. The van der Waals surface area contributed by atoms with Crippen molar-refractivity contribution in [2.24, 2.45) is 4.99 Å². The topological polar surface area (TPSA) is 52.6 Å². The van der Waals surface area contributed by atoms with E-state index in [0.717, 1.165) is 37.7 Å². The molecule has 6 heteroatoms. The van der Waals surface area contributed by atoms with Crippen molar-refractivity contribution in [3.05, 3.63) is 51.5 Å².